The van der Waals surface area contributed by atoms with Crippen LogP contribution < -0.4 is 5.32 Å². The molecule has 0 aliphatic heterocycles. The Morgan fingerprint density at radius 1 is 1.25 bits per heavy atom. The van der Waals surface area contributed by atoms with Crippen LogP contribution >= 0.6 is 34.7 Å². The zero-order valence-corrected chi connectivity index (χ0v) is 15.1. The van der Waals surface area contributed by atoms with Crippen molar-refractivity contribution in [1.29, 1.82) is 0 Å². The Morgan fingerprint density at radius 2 is 2.04 bits per heavy atom. The van der Waals surface area contributed by atoms with Crippen LogP contribution in [0, 0.1) is 0 Å². The number of amides is 1. The van der Waals surface area contributed by atoms with E-state index in [1.54, 1.807) is 11.3 Å². The number of carbonyl (C=O) groups excluding carboxylic acids is 1. The summed E-state index contributed by atoms with van der Waals surface area (Å²) in [5.74, 6) is 0.0611. The highest BCUT2D eigenvalue weighted by atomic mass is 35.5. The zero-order valence-electron chi connectivity index (χ0n) is 12.7. The van der Waals surface area contributed by atoms with Crippen LogP contribution in [0.3, 0.4) is 0 Å². The molecule has 1 unspecified atom stereocenters. The van der Waals surface area contributed by atoms with E-state index in [9.17, 15) is 4.79 Å². The number of nitrogens with zero attached hydrogens (tertiary/aromatic N) is 1. The molecule has 1 fully saturated rings. The van der Waals surface area contributed by atoms with Crippen LogP contribution in [0.2, 0.25) is 5.02 Å². The summed E-state index contributed by atoms with van der Waals surface area (Å²) in [6.45, 7) is 0. The molecule has 3 nitrogen and oxygen atoms in total. The number of fused-ring (bicyclic) bond motifs is 1. The average molecular weight is 375 g/mol. The van der Waals surface area contributed by atoms with Gasteiger partial charge in [0.15, 0.2) is 4.34 Å². The molecule has 1 aromatic heterocycles. The topological polar surface area (TPSA) is 42.0 Å². The lowest BCUT2D eigenvalue weighted by Gasteiger charge is -2.15. The largest absolute Gasteiger partial charge is 0.352 e. The Bertz CT molecular complexity index is 877. The Morgan fingerprint density at radius 3 is 2.79 bits per heavy atom. The van der Waals surface area contributed by atoms with Crippen LogP contribution in [0.1, 0.15) is 23.7 Å². The highest BCUT2D eigenvalue weighted by Gasteiger charge is 2.29. The molecule has 6 heteroatoms. The van der Waals surface area contributed by atoms with Crippen molar-refractivity contribution in [2.45, 2.75) is 28.5 Å². The molecule has 1 N–H and O–H groups in total. The minimum absolute atomic E-state index is 0.0611. The lowest BCUT2D eigenvalue weighted by atomic mass is 10.1. The molecular formula is C18H15ClN2OS2. The summed E-state index contributed by atoms with van der Waals surface area (Å²) in [4.78, 5) is 17.3. The molecule has 1 atom stereocenters. The van der Waals surface area contributed by atoms with Crippen molar-refractivity contribution in [2.75, 3.05) is 0 Å². The molecule has 1 aliphatic carbocycles. The quantitative estimate of drug-likeness (QED) is 0.634. The van der Waals surface area contributed by atoms with Crippen molar-refractivity contribution >= 4 is 50.8 Å². The molecule has 3 aromatic rings. The number of hydrogen-bond acceptors (Lipinski definition) is 4. The van der Waals surface area contributed by atoms with Crippen molar-refractivity contribution in [2.24, 2.45) is 0 Å². The highest BCUT2D eigenvalue weighted by Crippen LogP contribution is 2.40. The van der Waals surface area contributed by atoms with E-state index in [-0.39, 0.29) is 11.2 Å². The van der Waals surface area contributed by atoms with Crippen LogP contribution in [0.5, 0.6) is 0 Å². The van der Waals surface area contributed by atoms with E-state index in [0.717, 1.165) is 33.0 Å². The lowest BCUT2D eigenvalue weighted by molar-refractivity contribution is -0.120. The third kappa shape index (κ3) is 3.58. The fourth-order valence-corrected chi connectivity index (χ4v) is 4.85. The summed E-state index contributed by atoms with van der Waals surface area (Å²) < 4.78 is 1.96. The maximum absolute atomic E-state index is 12.7. The van der Waals surface area contributed by atoms with Gasteiger partial charge in [-0.1, -0.05) is 53.7 Å². The number of nitrogens with one attached hydrogen (secondary N) is 1. The van der Waals surface area contributed by atoms with E-state index < -0.39 is 0 Å². The minimum Gasteiger partial charge on any atom is -0.352 e. The maximum atomic E-state index is 12.7. The maximum Gasteiger partial charge on any atom is 0.238 e. The van der Waals surface area contributed by atoms with E-state index in [1.807, 2.05) is 48.5 Å². The number of thioether (sulfide) groups is 1. The molecular weight excluding hydrogens is 360 g/mol. The molecule has 4 rings (SSSR count). The third-order valence-corrected chi connectivity index (χ3v) is 6.43. The number of carbonyl (C=O) groups is 1. The van der Waals surface area contributed by atoms with Crippen LogP contribution in [0.4, 0.5) is 0 Å². The van der Waals surface area contributed by atoms with Crippen molar-refractivity contribution in [3.05, 3.63) is 59.1 Å². The van der Waals surface area contributed by atoms with Gasteiger partial charge in [-0.3, -0.25) is 4.79 Å². The van der Waals surface area contributed by atoms with Crippen LogP contribution in [0.25, 0.3) is 10.2 Å². The Balaban J connectivity index is 1.63. The monoisotopic (exact) mass is 374 g/mol. The fraction of sp³-hybridized carbons (Fsp3) is 0.222. The van der Waals surface area contributed by atoms with Gasteiger partial charge >= 0.3 is 0 Å². The molecule has 0 radical (unpaired) electrons. The van der Waals surface area contributed by atoms with Crippen LogP contribution in [-0.2, 0) is 4.79 Å². The molecule has 1 heterocycles. The molecule has 0 spiro atoms. The predicted octanol–water partition coefficient (Wildman–Crippen LogP) is 5.06. The van der Waals surface area contributed by atoms with Crippen molar-refractivity contribution < 1.29 is 4.79 Å². The number of thiazole rings is 1. The molecule has 1 amide bonds. The number of hydrogen-bond donors (Lipinski definition) is 1. The van der Waals surface area contributed by atoms with Gasteiger partial charge in [0.25, 0.3) is 0 Å². The first-order valence-electron chi connectivity index (χ1n) is 7.77. The van der Waals surface area contributed by atoms with E-state index in [4.69, 9.17) is 11.6 Å². The van der Waals surface area contributed by atoms with Gasteiger partial charge in [-0.2, -0.15) is 0 Å². The summed E-state index contributed by atoms with van der Waals surface area (Å²) in [6, 6.07) is 15.9. The number of rotatable bonds is 5. The van der Waals surface area contributed by atoms with E-state index in [2.05, 4.69) is 10.3 Å². The zero-order chi connectivity index (χ0) is 16.5. The van der Waals surface area contributed by atoms with Gasteiger partial charge in [0, 0.05) is 11.1 Å². The Hall–Kier alpha value is -1.56. The van der Waals surface area contributed by atoms with E-state index >= 15 is 0 Å². The standard InChI is InChI=1S/C18H15ClN2OS2/c19-12-6-9-15-14(10-12)21-18(23-15)24-16(11-4-2-1-3-5-11)17(22)20-13-7-8-13/h1-6,9-10,13,16H,7-8H2,(H,20,22). The average Bonchev–Trinajstić information content (AvgIpc) is 3.30. The second-order valence-electron chi connectivity index (χ2n) is 5.78. The minimum atomic E-state index is -0.289. The second-order valence-corrected chi connectivity index (χ2v) is 8.60. The van der Waals surface area contributed by atoms with Crippen molar-refractivity contribution in [3.8, 4) is 0 Å². The smallest absolute Gasteiger partial charge is 0.238 e. The highest BCUT2D eigenvalue weighted by molar-refractivity contribution is 8.02. The summed E-state index contributed by atoms with van der Waals surface area (Å²) >= 11 is 9.14. The molecule has 24 heavy (non-hydrogen) atoms. The molecule has 122 valence electrons. The van der Waals surface area contributed by atoms with Gasteiger partial charge < -0.3 is 5.32 Å². The first-order chi connectivity index (χ1) is 11.7. The fourth-order valence-electron chi connectivity index (χ4n) is 2.44. The normalized spacial score (nSPS) is 15.4. The number of halogens is 1. The Labute approximate surface area is 153 Å². The van der Waals surface area contributed by atoms with Gasteiger partial charge in [0.1, 0.15) is 5.25 Å². The van der Waals surface area contributed by atoms with E-state index in [1.165, 1.54) is 11.8 Å². The Kier molecular flexibility index (Phi) is 4.48. The van der Waals surface area contributed by atoms with Gasteiger partial charge in [0.2, 0.25) is 5.91 Å². The van der Waals surface area contributed by atoms with E-state index in [0.29, 0.717) is 11.1 Å². The molecule has 0 saturated heterocycles. The third-order valence-electron chi connectivity index (χ3n) is 3.81. The summed E-state index contributed by atoms with van der Waals surface area (Å²) in [7, 11) is 0. The molecule has 1 saturated carbocycles. The van der Waals surface area contributed by atoms with Crippen molar-refractivity contribution in [3.63, 3.8) is 0 Å². The van der Waals surface area contributed by atoms with Crippen LogP contribution in [-0.4, -0.2) is 16.9 Å². The lowest BCUT2D eigenvalue weighted by Crippen LogP contribution is -2.29. The first-order valence-corrected chi connectivity index (χ1v) is 9.84. The van der Waals surface area contributed by atoms with Gasteiger partial charge in [-0.05, 0) is 36.6 Å². The summed E-state index contributed by atoms with van der Waals surface area (Å²) in [5.41, 5.74) is 1.88. The first kappa shape index (κ1) is 15.9. The number of aromatic nitrogens is 1. The predicted molar refractivity (Wildman–Crippen MR) is 101 cm³/mol. The summed E-state index contributed by atoms with van der Waals surface area (Å²) in [6.07, 6.45) is 2.16. The molecule has 2 aromatic carbocycles. The van der Waals surface area contributed by atoms with Crippen molar-refractivity contribution in [1.82, 2.24) is 10.3 Å². The second kappa shape index (κ2) is 6.75. The van der Waals surface area contributed by atoms with Gasteiger partial charge in [-0.15, -0.1) is 11.3 Å². The number of benzene rings is 2. The van der Waals surface area contributed by atoms with Gasteiger partial charge in [0.05, 0.1) is 10.2 Å². The van der Waals surface area contributed by atoms with Crippen LogP contribution in [0.15, 0.2) is 52.9 Å². The molecule has 1 aliphatic rings. The molecule has 0 bridgehead atoms. The van der Waals surface area contributed by atoms with Gasteiger partial charge in [-0.25, -0.2) is 4.98 Å². The SMILES string of the molecule is O=C(NC1CC1)C(Sc1nc2cc(Cl)ccc2s1)c1ccccc1. The summed E-state index contributed by atoms with van der Waals surface area (Å²) in [5, 5.41) is 3.50.